The molecule has 0 aromatic carbocycles. The molecular weight excluding hydrogens is 356 g/mol. The average Bonchev–Trinajstić information content (AvgIpc) is 3.03. The minimum absolute atomic E-state index is 0.0518. The number of fused-ring (bicyclic) bond motifs is 5. The van der Waals surface area contributed by atoms with E-state index in [9.17, 15) is 5.11 Å². The molecule has 0 radical (unpaired) electrons. The molecular formula is C21H28N4O3. The van der Waals surface area contributed by atoms with Gasteiger partial charge in [0.25, 0.3) is 0 Å². The highest BCUT2D eigenvalue weighted by Crippen LogP contribution is 2.41. The molecule has 3 aromatic rings. The van der Waals surface area contributed by atoms with Gasteiger partial charge in [-0.25, -0.2) is 15.0 Å². The van der Waals surface area contributed by atoms with Gasteiger partial charge in [0.1, 0.15) is 11.8 Å². The molecule has 7 nitrogen and oxygen atoms in total. The first-order chi connectivity index (χ1) is 13.4. The van der Waals surface area contributed by atoms with E-state index in [4.69, 9.17) is 14.1 Å². The van der Waals surface area contributed by atoms with E-state index in [0.717, 1.165) is 28.6 Å². The average molecular weight is 384 g/mol. The first-order valence-electron chi connectivity index (χ1n) is 9.95. The number of aliphatic hydroxyl groups excluding tert-OH is 1. The Morgan fingerprint density at radius 2 is 2.04 bits per heavy atom. The number of aliphatic hydroxyl groups is 1. The smallest absolute Gasteiger partial charge is 0.229 e. The third kappa shape index (κ3) is 3.02. The number of rotatable bonds is 5. The number of ether oxygens (including phenoxy) is 1. The van der Waals surface area contributed by atoms with Crippen molar-refractivity contribution in [3.8, 4) is 0 Å². The number of anilines is 1. The summed E-state index contributed by atoms with van der Waals surface area (Å²) in [5.74, 6) is 0.967. The van der Waals surface area contributed by atoms with Crippen LogP contribution >= 0.6 is 0 Å². The van der Waals surface area contributed by atoms with Crippen LogP contribution in [-0.4, -0.2) is 45.4 Å². The lowest BCUT2D eigenvalue weighted by atomic mass is 9.87. The van der Waals surface area contributed by atoms with E-state index in [-0.39, 0.29) is 18.1 Å². The SMILES string of the molecule is CCN(CCO)c1ncnc2c1oc1nc(C(C)C)c3c(c12)CC(C)(C)OC3. The fourth-order valence-corrected chi connectivity index (χ4v) is 4.06. The molecule has 150 valence electrons. The summed E-state index contributed by atoms with van der Waals surface area (Å²) in [6.45, 7) is 12.3. The molecule has 28 heavy (non-hydrogen) atoms. The van der Waals surface area contributed by atoms with E-state index >= 15 is 0 Å². The molecule has 0 spiro atoms. The van der Waals surface area contributed by atoms with E-state index < -0.39 is 0 Å². The first kappa shape index (κ1) is 19.1. The van der Waals surface area contributed by atoms with Crippen LogP contribution < -0.4 is 4.90 Å². The molecule has 1 aliphatic heterocycles. The molecule has 0 unspecified atom stereocenters. The summed E-state index contributed by atoms with van der Waals surface area (Å²) < 4.78 is 12.3. The van der Waals surface area contributed by atoms with E-state index in [2.05, 4.69) is 37.7 Å². The summed E-state index contributed by atoms with van der Waals surface area (Å²) >= 11 is 0. The van der Waals surface area contributed by atoms with Gasteiger partial charge in [-0.3, -0.25) is 0 Å². The fraction of sp³-hybridized carbons (Fsp3) is 0.571. The zero-order valence-electron chi connectivity index (χ0n) is 17.2. The number of likely N-dealkylation sites (N-methyl/N-ethyl adjacent to an activating group) is 1. The van der Waals surface area contributed by atoms with Crippen LogP contribution in [0, 0.1) is 0 Å². The second-order valence-electron chi connectivity index (χ2n) is 8.29. The quantitative estimate of drug-likeness (QED) is 0.720. The van der Waals surface area contributed by atoms with Crippen LogP contribution in [0.3, 0.4) is 0 Å². The van der Waals surface area contributed by atoms with Gasteiger partial charge in [-0.05, 0) is 32.3 Å². The first-order valence-corrected chi connectivity index (χ1v) is 9.95. The number of nitrogens with zero attached hydrogens (tertiary/aromatic N) is 4. The molecule has 4 heterocycles. The Balaban J connectivity index is 2.04. The van der Waals surface area contributed by atoms with Gasteiger partial charge in [-0.15, -0.1) is 0 Å². The van der Waals surface area contributed by atoms with Gasteiger partial charge in [0.05, 0.1) is 29.9 Å². The fourth-order valence-electron chi connectivity index (χ4n) is 4.06. The maximum atomic E-state index is 9.41. The highest BCUT2D eigenvalue weighted by Gasteiger charge is 2.33. The van der Waals surface area contributed by atoms with E-state index in [0.29, 0.717) is 36.8 Å². The Labute approximate surface area is 164 Å². The molecule has 0 saturated carbocycles. The summed E-state index contributed by atoms with van der Waals surface area (Å²) in [6.07, 6.45) is 2.35. The van der Waals surface area contributed by atoms with Crippen LogP contribution in [0.4, 0.5) is 5.82 Å². The van der Waals surface area contributed by atoms with Crippen molar-refractivity contribution in [2.45, 2.75) is 59.2 Å². The van der Waals surface area contributed by atoms with Crippen LogP contribution in [0.2, 0.25) is 0 Å². The number of pyridine rings is 1. The largest absolute Gasteiger partial charge is 0.432 e. The summed E-state index contributed by atoms with van der Waals surface area (Å²) in [4.78, 5) is 15.9. The van der Waals surface area contributed by atoms with Gasteiger partial charge in [0, 0.05) is 25.1 Å². The van der Waals surface area contributed by atoms with Gasteiger partial charge in [-0.2, -0.15) is 0 Å². The number of furan rings is 1. The van der Waals surface area contributed by atoms with E-state index in [1.807, 2.05) is 11.8 Å². The molecule has 0 amide bonds. The lowest BCUT2D eigenvalue weighted by molar-refractivity contribution is -0.0402. The molecule has 0 fully saturated rings. The van der Waals surface area contributed by atoms with Crippen LogP contribution in [0.25, 0.3) is 22.2 Å². The number of aromatic nitrogens is 3. The summed E-state index contributed by atoms with van der Waals surface area (Å²) in [5, 5.41) is 10.4. The number of hydrogen-bond acceptors (Lipinski definition) is 7. The highest BCUT2D eigenvalue weighted by atomic mass is 16.5. The summed E-state index contributed by atoms with van der Waals surface area (Å²) in [6, 6.07) is 0. The third-order valence-electron chi connectivity index (χ3n) is 5.44. The van der Waals surface area contributed by atoms with E-state index in [1.54, 1.807) is 6.33 Å². The van der Waals surface area contributed by atoms with Gasteiger partial charge in [-0.1, -0.05) is 13.8 Å². The van der Waals surface area contributed by atoms with Crippen LogP contribution in [0.1, 0.15) is 57.4 Å². The van der Waals surface area contributed by atoms with Crippen molar-refractivity contribution < 1.29 is 14.3 Å². The Morgan fingerprint density at radius 3 is 2.71 bits per heavy atom. The van der Waals surface area contributed by atoms with Crippen LogP contribution in [0.15, 0.2) is 10.7 Å². The standard InChI is InChI=1S/C21H28N4O3/c1-6-25(7-8-26)19-18-17(22-11-23-19)15-13-9-21(4,5)27-10-14(13)16(12(2)3)24-20(15)28-18/h11-12,26H,6-10H2,1-5H3. The Bertz CT molecular complexity index is 1030. The molecule has 4 rings (SSSR count). The van der Waals surface area contributed by atoms with Crippen molar-refractivity contribution in [2.75, 3.05) is 24.6 Å². The molecule has 0 aliphatic carbocycles. The second kappa shape index (κ2) is 6.97. The third-order valence-corrected chi connectivity index (χ3v) is 5.44. The topological polar surface area (TPSA) is 84.5 Å². The van der Waals surface area contributed by atoms with Crippen molar-refractivity contribution in [1.82, 2.24) is 15.0 Å². The molecule has 7 heteroatoms. The molecule has 0 saturated heterocycles. The molecule has 1 N–H and O–H groups in total. The minimum atomic E-state index is -0.249. The second-order valence-corrected chi connectivity index (χ2v) is 8.29. The van der Waals surface area contributed by atoms with Gasteiger partial charge < -0.3 is 19.2 Å². The van der Waals surface area contributed by atoms with Crippen molar-refractivity contribution >= 4 is 28.0 Å². The molecule has 0 atom stereocenters. The maximum absolute atomic E-state index is 9.41. The zero-order valence-corrected chi connectivity index (χ0v) is 17.2. The highest BCUT2D eigenvalue weighted by molar-refractivity contribution is 6.06. The maximum Gasteiger partial charge on any atom is 0.229 e. The van der Waals surface area contributed by atoms with Crippen LogP contribution in [0.5, 0.6) is 0 Å². The lowest BCUT2D eigenvalue weighted by Crippen LogP contribution is -2.33. The van der Waals surface area contributed by atoms with Crippen molar-refractivity contribution in [3.63, 3.8) is 0 Å². The number of hydrogen-bond donors (Lipinski definition) is 1. The molecule has 3 aromatic heterocycles. The normalized spacial score (nSPS) is 16.1. The Kier molecular flexibility index (Phi) is 4.75. The molecule has 1 aliphatic rings. The van der Waals surface area contributed by atoms with Crippen molar-refractivity contribution in [1.29, 1.82) is 0 Å². The van der Waals surface area contributed by atoms with Crippen molar-refractivity contribution in [2.24, 2.45) is 0 Å². The van der Waals surface area contributed by atoms with Gasteiger partial charge in [0.2, 0.25) is 5.71 Å². The predicted molar refractivity (Wildman–Crippen MR) is 109 cm³/mol. The zero-order chi connectivity index (χ0) is 20.1. The van der Waals surface area contributed by atoms with Crippen molar-refractivity contribution in [3.05, 3.63) is 23.1 Å². The summed E-state index contributed by atoms with van der Waals surface area (Å²) in [7, 11) is 0. The van der Waals surface area contributed by atoms with Gasteiger partial charge in [0.15, 0.2) is 11.4 Å². The minimum Gasteiger partial charge on any atom is -0.432 e. The summed E-state index contributed by atoms with van der Waals surface area (Å²) in [5.41, 5.74) is 5.18. The van der Waals surface area contributed by atoms with E-state index in [1.165, 1.54) is 5.56 Å². The lowest BCUT2D eigenvalue weighted by Gasteiger charge is -2.33. The predicted octanol–water partition coefficient (Wildman–Crippen LogP) is 3.56. The Hall–Kier alpha value is -2.25. The Morgan fingerprint density at radius 1 is 1.25 bits per heavy atom. The monoisotopic (exact) mass is 384 g/mol. The molecule has 0 bridgehead atoms. The van der Waals surface area contributed by atoms with Crippen LogP contribution in [-0.2, 0) is 17.8 Å². The van der Waals surface area contributed by atoms with Gasteiger partial charge >= 0.3 is 0 Å².